The van der Waals surface area contributed by atoms with E-state index in [0.717, 1.165) is 12.8 Å². The maximum Gasteiger partial charge on any atom is 0.255 e. The molecular weight excluding hydrogens is 396 g/mol. The van der Waals surface area contributed by atoms with E-state index in [9.17, 15) is 13.2 Å². The minimum Gasteiger partial charge on any atom is -0.495 e. The second kappa shape index (κ2) is 8.71. The number of anilines is 1. The van der Waals surface area contributed by atoms with Crippen LogP contribution in [0.2, 0.25) is 0 Å². The number of carbonyl (C=O) groups is 1. The summed E-state index contributed by atoms with van der Waals surface area (Å²) in [5, 5.41) is 2.73. The van der Waals surface area contributed by atoms with Gasteiger partial charge in [0.2, 0.25) is 10.0 Å². The summed E-state index contributed by atoms with van der Waals surface area (Å²) in [5.41, 5.74) is 0.602. The molecule has 29 heavy (non-hydrogen) atoms. The molecule has 1 aliphatic rings. The third kappa shape index (κ3) is 4.30. The highest BCUT2D eigenvalue weighted by atomic mass is 32.2. The summed E-state index contributed by atoms with van der Waals surface area (Å²) in [4.78, 5) is 12.9. The van der Waals surface area contributed by atoms with Gasteiger partial charge in [0.25, 0.3) is 5.91 Å². The lowest BCUT2D eigenvalue weighted by Crippen LogP contribution is -2.28. The first kappa shape index (κ1) is 20.9. The third-order valence-electron chi connectivity index (χ3n) is 4.77. The number of amides is 1. The number of hydrogen-bond donors (Lipinski definition) is 1. The minimum atomic E-state index is -3.62. The Morgan fingerprint density at radius 3 is 2.14 bits per heavy atom. The second-order valence-corrected chi connectivity index (χ2v) is 8.44. The van der Waals surface area contributed by atoms with E-state index < -0.39 is 15.9 Å². The average molecular weight is 420 g/mol. The molecule has 0 atom stereocenters. The monoisotopic (exact) mass is 420 g/mol. The number of benzene rings is 2. The van der Waals surface area contributed by atoms with Crippen LogP contribution in [-0.2, 0) is 10.0 Å². The summed E-state index contributed by atoms with van der Waals surface area (Å²) in [6.07, 6.45) is 1.69. The number of sulfonamides is 1. The van der Waals surface area contributed by atoms with Crippen molar-refractivity contribution in [3.05, 3.63) is 42.0 Å². The van der Waals surface area contributed by atoms with Crippen molar-refractivity contribution in [1.82, 2.24) is 4.31 Å². The van der Waals surface area contributed by atoms with Gasteiger partial charge in [-0.15, -0.1) is 0 Å². The van der Waals surface area contributed by atoms with Gasteiger partial charge >= 0.3 is 0 Å². The minimum absolute atomic E-state index is 0.114. The number of nitrogens with zero attached hydrogens (tertiary/aromatic N) is 1. The summed E-state index contributed by atoms with van der Waals surface area (Å²) in [6, 6.07) is 9.20. The summed E-state index contributed by atoms with van der Waals surface area (Å²) in [5.74, 6) is 0.844. The smallest absolute Gasteiger partial charge is 0.255 e. The number of hydrogen-bond acceptors (Lipinski definition) is 6. The highest BCUT2D eigenvalue weighted by molar-refractivity contribution is 7.89. The molecular formula is C20H24N2O6S. The van der Waals surface area contributed by atoms with Crippen LogP contribution in [0.3, 0.4) is 0 Å². The Hall–Kier alpha value is -2.78. The second-order valence-electron chi connectivity index (χ2n) is 6.50. The molecule has 1 aliphatic heterocycles. The molecule has 1 saturated heterocycles. The van der Waals surface area contributed by atoms with E-state index in [2.05, 4.69) is 5.32 Å². The molecule has 3 rings (SSSR count). The van der Waals surface area contributed by atoms with Gasteiger partial charge in [-0.25, -0.2) is 8.42 Å². The maximum atomic E-state index is 12.8. The molecule has 0 radical (unpaired) electrons. The maximum absolute atomic E-state index is 12.8. The lowest BCUT2D eigenvalue weighted by Gasteiger charge is -2.17. The first-order chi connectivity index (χ1) is 13.9. The number of nitrogens with one attached hydrogen (secondary N) is 1. The van der Waals surface area contributed by atoms with Crippen molar-refractivity contribution < 1.29 is 27.4 Å². The number of rotatable bonds is 7. The number of ether oxygens (including phenoxy) is 3. The van der Waals surface area contributed by atoms with Crippen LogP contribution in [0.1, 0.15) is 23.2 Å². The van der Waals surface area contributed by atoms with E-state index in [-0.39, 0.29) is 10.6 Å². The Bertz CT molecular complexity index is 1000. The van der Waals surface area contributed by atoms with Crippen molar-refractivity contribution in [2.75, 3.05) is 39.7 Å². The predicted molar refractivity (Wildman–Crippen MR) is 108 cm³/mol. The Labute approximate surface area is 170 Å². The van der Waals surface area contributed by atoms with E-state index in [1.54, 1.807) is 18.2 Å². The fraction of sp³-hybridized carbons (Fsp3) is 0.350. The molecule has 0 aromatic heterocycles. The molecule has 0 aliphatic carbocycles. The molecule has 0 bridgehead atoms. The van der Waals surface area contributed by atoms with Crippen LogP contribution in [0.15, 0.2) is 41.3 Å². The summed E-state index contributed by atoms with van der Waals surface area (Å²) >= 11 is 0. The summed E-state index contributed by atoms with van der Waals surface area (Å²) in [7, 11) is 0.828. The standard InChI is InChI=1S/C20H24N2O6S/c1-26-17-9-7-15(29(24,25)22-10-4-5-11-22)13-16(17)21-20(23)14-6-8-18(27-2)19(12-14)28-3/h6-9,12-13H,4-5,10-11H2,1-3H3,(H,21,23). The summed E-state index contributed by atoms with van der Waals surface area (Å²) < 4.78 is 42.8. The van der Waals surface area contributed by atoms with Crippen LogP contribution < -0.4 is 19.5 Å². The average Bonchev–Trinajstić information content (AvgIpc) is 3.29. The van der Waals surface area contributed by atoms with Crippen LogP contribution in [0.5, 0.6) is 17.2 Å². The molecule has 1 N–H and O–H groups in total. The van der Waals surface area contributed by atoms with Crippen LogP contribution in [0, 0.1) is 0 Å². The molecule has 1 fully saturated rings. The van der Waals surface area contributed by atoms with Crippen molar-refractivity contribution in [3.63, 3.8) is 0 Å². The molecule has 9 heteroatoms. The normalized spacial score (nSPS) is 14.4. The van der Waals surface area contributed by atoms with E-state index in [4.69, 9.17) is 14.2 Å². The van der Waals surface area contributed by atoms with Crippen molar-refractivity contribution in [1.29, 1.82) is 0 Å². The SMILES string of the molecule is COc1ccc(S(=O)(=O)N2CCCC2)cc1NC(=O)c1ccc(OC)c(OC)c1. The summed E-state index contributed by atoms with van der Waals surface area (Å²) in [6.45, 7) is 1.00. The Morgan fingerprint density at radius 1 is 0.897 bits per heavy atom. The van der Waals surface area contributed by atoms with Gasteiger partial charge in [0.1, 0.15) is 5.75 Å². The molecule has 1 amide bonds. The van der Waals surface area contributed by atoms with Gasteiger partial charge < -0.3 is 19.5 Å². The van der Waals surface area contributed by atoms with Gasteiger partial charge in [-0.2, -0.15) is 4.31 Å². The third-order valence-corrected chi connectivity index (χ3v) is 6.66. The number of methoxy groups -OCH3 is 3. The van der Waals surface area contributed by atoms with Gasteiger partial charge in [0.05, 0.1) is 31.9 Å². The zero-order valence-corrected chi connectivity index (χ0v) is 17.4. The van der Waals surface area contributed by atoms with Crippen molar-refractivity contribution in [2.45, 2.75) is 17.7 Å². The largest absolute Gasteiger partial charge is 0.495 e. The molecule has 0 saturated carbocycles. The zero-order valence-electron chi connectivity index (χ0n) is 16.6. The first-order valence-corrected chi connectivity index (χ1v) is 10.6. The van der Waals surface area contributed by atoms with Crippen LogP contribution in [0.25, 0.3) is 0 Å². The molecule has 1 heterocycles. The van der Waals surface area contributed by atoms with Crippen molar-refractivity contribution in [3.8, 4) is 17.2 Å². The van der Waals surface area contributed by atoms with E-state index in [1.165, 1.54) is 43.8 Å². The Balaban J connectivity index is 1.91. The lowest BCUT2D eigenvalue weighted by molar-refractivity contribution is 0.102. The molecule has 0 spiro atoms. The quantitative estimate of drug-likeness (QED) is 0.740. The van der Waals surface area contributed by atoms with E-state index in [0.29, 0.717) is 35.9 Å². The molecule has 156 valence electrons. The fourth-order valence-electron chi connectivity index (χ4n) is 3.19. The molecule has 8 nitrogen and oxygen atoms in total. The number of carbonyl (C=O) groups excluding carboxylic acids is 1. The predicted octanol–water partition coefficient (Wildman–Crippen LogP) is 2.75. The molecule has 2 aromatic rings. The van der Waals surface area contributed by atoms with Crippen LogP contribution in [0.4, 0.5) is 5.69 Å². The fourth-order valence-corrected chi connectivity index (χ4v) is 4.74. The van der Waals surface area contributed by atoms with E-state index in [1.807, 2.05) is 0 Å². The van der Waals surface area contributed by atoms with Gasteiger partial charge in [0, 0.05) is 18.7 Å². The van der Waals surface area contributed by atoms with Gasteiger partial charge in [-0.05, 0) is 49.2 Å². The lowest BCUT2D eigenvalue weighted by atomic mass is 10.1. The van der Waals surface area contributed by atoms with Crippen molar-refractivity contribution >= 4 is 21.6 Å². The zero-order chi connectivity index (χ0) is 21.0. The Morgan fingerprint density at radius 2 is 1.52 bits per heavy atom. The van der Waals surface area contributed by atoms with Gasteiger partial charge in [-0.3, -0.25) is 4.79 Å². The van der Waals surface area contributed by atoms with Crippen LogP contribution >= 0.6 is 0 Å². The Kier molecular flexibility index (Phi) is 6.29. The van der Waals surface area contributed by atoms with Gasteiger partial charge in [-0.1, -0.05) is 0 Å². The van der Waals surface area contributed by atoms with Crippen LogP contribution in [-0.4, -0.2) is 53.0 Å². The first-order valence-electron chi connectivity index (χ1n) is 9.12. The van der Waals surface area contributed by atoms with E-state index >= 15 is 0 Å². The molecule has 2 aromatic carbocycles. The highest BCUT2D eigenvalue weighted by Crippen LogP contribution is 2.32. The topological polar surface area (TPSA) is 94.2 Å². The van der Waals surface area contributed by atoms with Gasteiger partial charge in [0.15, 0.2) is 11.5 Å². The highest BCUT2D eigenvalue weighted by Gasteiger charge is 2.28. The van der Waals surface area contributed by atoms with Crippen molar-refractivity contribution in [2.24, 2.45) is 0 Å². The molecule has 0 unspecified atom stereocenters.